The van der Waals surface area contributed by atoms with E-state index in [1.54, 1.807) is 6.07 Å². The second kappa shape index (κ2) is 6.26. The fourth-order valence-electron chi connectivity index (χ4n) is 2.41. The Morgan fingerprint density at radius 1 is 1.30 bits per heavy atom. The van der Waals surface area contributed by atoms with E-state index < -0.39 is 15.6 Å². The lowest BCUT2D eigenvalue weighted by molar-refractivity contribution is 0.235. The largest absolute Gasteiger partial charge is 0.384 e. The van der Waals surface area contributed by atoms with E-state index in [0.717, 1.165) is 19.3 Å². The lowest BCUT2D eigenvalue weighted by Gasteiger charge is -2.15. The molecule has 0 radical (unpaired) electrons. The Labute approximate surface area is 122 Å². The highest BCUT2D eigenvalue weighted by Gasteiger charge is 2.29. The van der Waals surface area contributed by atoms with Gasteiger partial charge in [-0.15, -0.1) is 11.6 Å². The monoisotopic (exact) mass is 323 g/mol. The van der Waals surface area contributed by atoms with E-state index in [-0.39, 0.29) is 16.0 Å². The quantitative estimate of drug-likeness (QED) is 0.844. The van der Waals surface area contributed by atoms with Crippen LogP contribution in [0.25, 0.3) is 0 Å². The fourth-order valence-corrected chi connectivity index (χ4v) is 3.70. The number of benzene rings is 1. The third-order valence-electron chi connectivity index (χ3n) is 3.49. The molecule has 7 heteroatoms. The zero-order valence-corrected chi connectivity index (χ0v) is 12.3. The molecule has 2 unspecified atom stereocenters. The Morgan fingerprint density at radius 2 is 2.00 bits per heavy atom. The Bertz CT molecular complexity index is 565. The third-order valence-corrected chi connectivity index (χ3v) is 5.32. The molecule has 1 N–H and O–H groups in total. The molecular formula is C13H16ClF2NO2S. The van der Waals surface area contributed by atoms with Crippen molar-refractivity contribution in [3.05, 3.63) is 24.3 Å². The summed E-state index contributed by atoms with van der Waals surface area (Å²) in [6.45, 7) is 0.541. The van der Waals surface area contributed by atoms with Gasteiger partial charge in [-0.1, -0.05) is 12.1 Å². The summed E-state index contributed by atoms with van der Waals surface area (Å²) in [5, 5.41) is 3.12. The number of sulfone groups is 1. The predicted molar refractivity (Wildman–Crippen MR) is 75.1 cm³/mol. The van der Waals surface area contributed by atoms with Crippen LogP contribution in [0.2, 0.25) is 0 Å². The molecule has 0 bridgehead atoms. The zero-order valence-electron chi connectivity index (χ0n) is 10.7. The smallest absolute Gasteiger partial charge is 0.341 e. The first-order valence-electron chi connectivity index (χ1n) is 6.40. The van der Waals surface area contributed by atoms with Crippen molar-refractivity contribution < 1.29 is 17.2 Å². The molecule has 0 saturated heterocycles. The first kappa shape index (κ1) is 15.5. The van der Waals surface area contributed by atoms with Crippen molar-refractivity contribution >= 4 is 27.1 Å². The molecular weight excluding hydrogens is 308 g/mol. The minimum Gasteiger partial charge on any atom is -0.384 e. The minimum absolute atomic E-state index is 0.154. The minimum atomic E-state index is -4.59. The highest BCUT2D eigenvalue weighted by Crippen LogP contribution is 2.31. The number of anilines is 1. The van der Waals surface area contributed by atoms with Crippen LogP contribution in [-0.4, -0.2) is 26.1 Å². The van der Waals surface area contributed by atoms with Crippen molar-refractivity contribution in [3.63, 3.8) is 0 Å². The van der Waals surface area contributed by atoms with Crippen molar-refractivity contribution in [2.45, 2.75) is 35.3 Å². The second-order valence-corrected chi connectivity index (χ2v) is 7.46. The molecule has 0 heterocycles. The van der Waals surface area contributed by atoms with Gasteiger partial charge in [0.15, 0.2) is 0 Å². The Kier molecular flexibility index (Phi) is 4.86. The molecule has 1 aliphatic rings. The van der Waals surface area contributed by atoms with E-state index >= 15 is 0 Å². The van der Waals surface area contributed by atoms with E-state index in [2.05, 4.69) is 5.32 Å². The van der Waals surface area contributed by atoms with E-state index in [4.69, 9.17) is 11.6 Å². The molecule has 1 aromatic carbocycles. The molecule has 20 heavy (non-hydrogen) atoms. The van der Waals surface area contributed by atoms with Crippen LogP contribution in [0, 0.1) is 5.92 Å². The maximum atomic E-state index is 12.6. The van der Waals surface area contributed by atoms with Crippen molar-refractivity contribution in [3.8, 4) is 0 Å². The number of para-hydroxylation sites is 1. The van der Waals surface area contributed by atoms with Crippen LogP contribution < -0.4 is 5.32 Å². The van der Waals surface area contributed by atoms with Gasteiger partial charge in [0.25, 0.3) is 0 Å². The molecule has 0 spiro atoms. The van der Waals surface area contributed by atoms with Crippen LogP contribution >= 0.6 is 11.6 Å². The number of hydrogen-bond acceptors (Lipinski definition) is 3. The van der Waals surface area contributed by atoms with Crippen LogP contribution in [0.4, 0.5) is 14.5 Å². The van der Waals surface area contributed by atoms with Crippen molar-refractivity contribution in [1.82, 2.24) is 0 Å². The lowest BCUT2D eigenvalue weighted by Crippen LogP contribution is -2.17. The topological polar surface area (TPSA) is 46.2 Å². The lowest BCUT2D eigenvalue weighted by atomic mass is 10.1. The second-order valence-electron chi connectivity index (χ2n) is 4.96. The van der Waals surface area contributed by atoms with Crippen LogP contribution in [-0.2, 0) is 9.84 Å². The van der Waals surface area contributed by atoms with E-state index in [1.807, 2.05) is 0 Å². The van der Waals surface area contributed by atoms with E-state index in [1.165, 1.54) is 18.2 Å². The molecule has 1 saturated carbocycles. The van der Waals surface area contributed by atoms with Gasteiger partial charge in [0, 0.05) is 11.9 Å². The number of alkyl halides is 3. The molecule has 1 aromatic rings. The van der Waals surface area contributed by atoms with Gasteiger partial charge in [-0.2, -0.15) is 8.78 Å². The Hall–Kier alpha value is -0.880. The van der Waals surface area contributed by atoms with E-state index in [0.29, 0.717) is 12.5 Å². The number of halogens is 3. The van der Waals surface area contributed by atoms with Gasteiger partial charge in [-0.3, -0.25) is 0 Å². The Balaban J connectivity index is 2.13. The summed E-state index contributed by atoms with van der Waals surface area (Å²) < 4.78 is 48.5. The van der Waals surface area contributed by atoms with Crippen LogP contribution in [0.15, 0.2) is 29.2 Å². The van der Waals surface area contributed by atoms with Gasteiger partial charge in [0.05, 0.1) is 10.6 Å². The zero-order chi connectivity index (χ0) is 14.8. The Morgan fingerprint density at radius 3 is 2.60 bits per heavy atom. The standard InChI is InChI=1S/C13H16ClF2NO2S/c14-10-6-5-9(7-10)8-17-11-3-1-2-4-12(11)20(18,19)13(15)16/h1-4,9-10,13,17H,5-8H2. The molecule has 0 aliphatic heterocycles. The van der Waals surface area contributed by atoms with Crippen molar-refractivity contribution in [2.24, 2.45) is 5.92 Å². The van der Waals surface area contributed by atoms with Gasteiger partial charge in [-0.25, -0.2) is 8.42 Å². The van der Waals surface area contributed by atoms with Gasteiger partial charge in [-0.05, 0) is 37.3 Å². The van der Waals surface area contributed by atoms with Crippen LogP contribution in [0.3, 0.4) is 0 Å². The predicted octanol–water partition coefficient (Wildman–Crippen LogP) is 3.50. The average Bonchev–Trinajstić information content (AvgIpc) is 2.82. The average molecular weight is 324 g/mol. The number of rotatable bonds is 5. The molecule has 2 atom stereocenters. The summed E-state index contributed by atoms with van der Waals surface area (Å²) >= 11 is 6.01. The summed E-state index contributed by atoms with van der Waals surface area (Å²) in [7, 11) is -4.59. The van der Waals surface area contributed by atoms with Crippen LogP contribution in [0.5, 0.6) is 0 Å². The molecule has 2 rings (SSSR count). The molecule has 0 aromatic heterocycles. The van der Waals surface area contributed by atoms with E-state index in [9.17, 15) is 17.2 Å². The molecule has 1 aliphatic carbocycles. The summed E-state index contributed by atoms with van der Waals surface area (Å²) in [5.74, 6) is -3.07. The van der Waals surface area contributed by atoms with Crippen molar-refractivity contribution in [1.29, 1.82) is 0 Å². The maximum Gasteiger partial charge on any atom is 0.341 e. The molecule has 0 amide bonds. The highest BCUT2D eigenvalue weighted by molar-refractivity contribution is 7.91. The molecule has 112 valence electrons. The summed E-state index contributed by atoms with van der Waals surface area (Å²) in [5.41, 5.74) is 0.228. The van der Waals surface area contributed by atoms with Gasteiger partial charge < -0.3 is 5.32 Å². The normalized spacial score (nSPS) is 23.2. The van der Waals surface area contributed by atoms with Gasteiger partial charge in [0.2, 0.25) is 9.84 Å². The highest BCUT2D eigenvalue weighted by atomic mass is 35.5. The third kappa shape index (κ3) is 3.41. The summed E-state index contributed by atoms with van der Waals surface area (Å²) in [6.07, 6.45) is 2.76. The molecule has 1 fully saturated rings. The number of hydrogen-bond donors (Lipinski definition) is 1. The van der Waals surface area contributed by atoms with Gasteiger partial charge in [0.1, 0.15) is 0 Å². The fraction of sp³-hybridized carbons (Fsp3) is 0.538. The first-order valence-corrected chi connectivity index (χ1v) is 8.38. The maximum absolute atomic E-state index is 12.6. The first-order chi connectivity index (χ1) is 9.41. The molecule has 3 nitrogen and oxygen atoms in total. The number of nitrogens with one attached hydrogen (secondary N) is 1. The van der Waals surface area contributed by atoms with Gasteiger partial charge >= 0.3 is 5.76 Å². The van der Waals surface area contributed by atoms with Crippen LogP contribution in [0.1, 0.15) is 19.3 Å². The summed E-state index contributed by atoms with van der Waals surface area (Å²) in [6, 6.07) is 5.75. The summed E-state index contributed by atoms with van der Waals surface area (Å²) in [4.78, 5) is -0.351. The van der Waals surface area contributed by atoms with Crippen molar-refractivity contribution in [2.75, 3.05) is 11.9 Å². The SMILES string of the molecule is O=S(=O)(c1ccccc1NCC1CCC(Cl)C1)C(F)F.